The molecule has 1 heterocycles. The van der Waals surface area contributed by atoms with Crippen LogP contribution in [0.2, 0.25) is 0 Å². The Hall–Kier alpha value is -2.87. The fourth-order valence-corrected chi connectivity index (χ4v) is 4.01. The molecule has 0 saturated heterocycles. The van der Waals surface area contributed by atoms with E-state index < -0.39 is 5.91 Å². The van der Waals surface area contributed by atoms with Gasteiger partial charge in [0.15, 0.2) is 0 Å². The van der Waals surface area contributed by atoms with Crippen molar-refractivity contribution in [2.75, 3.05) is 24.8 Å². The van der Waals surface area contributed by atoms with E-state index in [0.29, 0.717) is 39.3 Å². The molecule has 7 nitrogen and oxygen atoms in total. The summed E-state index contributed by atoms with van der Waals surface area (Å²) in [6.45, 7) is 0.773. The van der Waals surface area contributed by atoms with Crippen molar-refractivity contribution in [3.05, 3.63) is 64.1 Å². The highest BCUT2D eigenvalue weighted by Crippen LogP contribution is 2.27. The molecule has 3 rings (SSSR count). The van der Waals surface area contributed by atoms with E-state index in [0.717, 1.165) is 17.3 Å². The molecule has 10 heteroatoms. The molecule has 1 N–H and O–H groups in total. The van der Waals surface area contributed by atoms with Gasteiger partial charge < -0.3 is 9.47 Å². The lowest BCUT2D eigenvalue weighted by molar-refractivity contribution is -0.112. The molecular formula is C21H17BrN4O3S2. The van der Waals surface area contributed by atoms with Gasteiger partial charge in [-0.05, 0) is 58.1 Å². The largest absolute Gasteiger partial charge is 0.490 e. The van der Waals surface area contributed by atoms with Gasteiger partial charge in [0.05, 0.1) is 4.47 Å². The molecule has 1 amide bonds. The quantitative estimate of drug-likeness (QED) is 0.184. The number of para-hydroxylation sites is 1. The third-order valence-corrected chi connectivity index (χ3v) is 5.71. The second-order valence-electron chi connectivity index (χ2n) is 5.91. The molecule has 1 aromatic heterocycles. The summed E-state index contributed by atoms with van der Waals surface area (Å²) in [5.74, 6) is 0.877. The van der Waals surface area contributed by atoms with Crippen molar-refractivity contribution in [3.8, 4) is 17.6 Å². The van der Waals surface area contributed by atoms with Gasteiger partial charge in [-0.25, -0.2) is 0 Å². The Labute approximate surface area is 196 Å². The molecule has 158 valence electrons. The van der Waals surface area contributed by atoms with E-state index in [4.69, 9.17) is 9.47 Å². The van der Waals surface area contributed by atoms with Crippen molar-refractivity contribution < 1.29 is 14.3 Å². The van der Waals surface area contributed by atoms with E-state index in [1.807, 2.05) is 42.7 Å². The minimum absolute atomic E-state index is 0.0438. The Bertz CT molecular complexity index is 1110. The summed E-state index contributed by atoms with van der Waals surface area (Å²) in [6, 6.07) is 16.7. The lowest BCUT2D eigenvalue weighted by Crippen LogP contribution is -2.13. The number of halogens is 1. The topological polar surface area (TPSA) is 97.1 Å². The Kier molecular flexibility index (Phi) is 8.46. The van der Waals surface area contributed by atoms with Gasteiger partial charge in [-0.1, -0.05) is 36.0 Å². The smallest absolute Gasteiger partial charge is 0.268 e. The number of thioether (sulfide) groups is 1. The second-order valence-corrected chi connectivity index (χ2v) is 8.29. The van der Waals surface area contributed by atoms with E-state index in [9.17, 15) is 10.1 Å². The van der Waals surface area contributed by atoms with E-state index in [1.165, 1.54) is 17.8 Å². The van der Waals surface area contributed by atoms with Crippen molar-refractivity contribution >= 4 is 56.3 Å². The monoisotopic (exact) mass is 516 g/mol. The number of anilines is 1. The Morgan fingerprint density at radius 2 is 2.03 bits per heavy atom. The molecule has 0 saturated carbocycles. The standard InChI is InChI=1S/C21H17BrN4O3S2/c1-30-21-25-20(31-26-21)24-19(27)15(13-23)11-14-7-8-18(17(22)12-14)29-10-9-28-16-5-3-2-4-6-16/h2-8,11-12H,9-10H2,1H3,(H,24,25,26,27)/b15-11-. The first-order valence-electron chi connectivity index (χ1n) is 9.00. The van der Waals surface area contributed by atoms with Crippen LogP contribution >= 0.6 is 39.2 Å². The highest BCUT2D eigenvalue weighted by atomic mass is 79.9. The molecule has 0 spiro atoms. The molecule has 0 aliphatic heterocycles. The van der Waals surface area contributed by atoms with Crippen LogP contribution in [0.4, 0.5) is 5.13 Å². The predicted molar refractivity (Wildman–Crippen MR) is 125 cm³/mol. The number of amides is 1. The van der Waals surface area contributed by atoms with Gasteiger partial charge in [-0.3, -0.25) is 10.1 Å². The van der Waals surface area contributed by atoms with Crippen molar-refractivity contribution in [3.63, 3.8) is 0 Å². The van der Waals surface area contributed by atoms with Gasteiger partial charge in [0.25, 0.3) is 5.91 Å². The number of nitriles is 1. The third kappa shape index (κ3) is 6.82. The maximum absolute atomic E-state index is 12.4. The fraction of sp³-hybridized carbons (Fsp3) is 0.143. The van der Waals surface area contributed by atoms with Gasteiger partial charge in [0, 0.05) is 11.5 Å². The van der Waals surface area contributed by atoms with Crippen molar-refractivity contribution in [1.29, 1.82) is 5.26 Å². The number of benzene rings is 2. The van der Waals surface area contributed by atoms with E-state index in [1.54, 1.807) is 18.2 Å². The zero-order chi connectivity index (χ0) is 22.1. The lowest BCUT2D eigenvalue weighted by atomic mass is 10.1. The first-order chi connectivity index (χ1) is 15.1. The van der Waals surface area contributed by atoms with E-state index in [-0.39, 0.29) is 5.57 Å². The van der Waals surface area contributed by atoms with Gasteiger partial charge >= 0.3 is 0 Å². The van der Waals surface area contributed by atoms with Crippen LogP contribution in [-0.4, -0.2) is 34.7 Å². The molecule has 0 unspecified atom stereocenters. The molecule has 0 aliphatic carbocycles. The first-order valence-corrected chi connectivity index (χ1v) is 11.8. The number of hydrogen-bond acceptors (Lipinski definition) is 8. The second kappa shape index (κ2) is 11.5. The highest BCUT2D eigenvalue weighted by Gasteiger charge is 2.13. The summed E-state index contributed by atoms with van der Waals surface area (Å²) in [7, 11) is 0. The van der Waals surface area contributed by atoms with Crippen LogP contribution < -0.4 is 14.8 Å². The lowest BCUT2D eigenvalue weighted by Gasteiger charge is -2.10. The number of hydrogen-bond donors (Lipinski definition) is 1. The Balaban J connectivity index is 1.58. The van der Waals surface area contributed by atoms with Crippen molar-refractivity contribution in [1.82, 2.24) is 9.36 Å². The molecule has 2 aromatic carbocycles. The number of rotatable bonds is 9. The number of ether oxygens (including phenoxy) is 2. The molecule has 31 heavy (non-hydrogen) atoms. The highest BCUT2D eigenvalue weighted by molar-refractivity contribution is 9.10. The zero-order valence-electron chi connectivity index (χ0n) is 16.4. The SMILES string of the molecule is CSc1nsc(NC(=O)/C(C#N)=C\c2ccc(OCCOc3ccccc3)c(Br)c2)n1. The van der Waals surface area contributed by atoms with Crippen molar-refractivity contribution in [2.24, 2.45) is 0 Å². The summed E-state index contributed by atoms with van der Waals surface area (Å²) in [5, 5.41) is 12.9. The maximum Gasteiger partial charge on any atom is 0.268 e. The Morgan fingerprint density at radius 1 is 1.26 bits per heavy atom. The zero-order valence-corrected chi connectivity index (χ0v) is 19.6. The van der Waals surface area contributed by atoms with Gasteiger partial charge in [0.1, 0.15) is 36.4 Å². The summed E-state index contributed by atoms with van der Waals surface area (Å²) in [4.78, 5) is 16.5. The summed E-state index contributed by atoms with van der Waals surface area (Å²) < 4.78 is 16.1. The molecule has 0 aliphatic rings. The molecular weight excluding hydrogens is 500 g/mol. The molecule has 0 fully saturated rings. The average molecular weight is 517 g/mol. The van der Waals surface area contributed by atoms with Gasteiger partial charge in [-0.15, -0.1) is 0 Å². The van der Waals surface area contributed by atoms with Crippen LogP contribution in [0.25, 0.3) is 6.08 Å². The number of nitrogens with zero attached hydrogens (tertiary/aromatic N) is 3. The summed E-state index contributed by atoms with van der Waals surface area (Å²) in [5.41, 5.74) is 0.631. The van der Waals surface area contributed by atoms with E-state index in [2.05, 4.69) is 30.6 Å². The van der Waals surface area contributed by atoms with Crippen LogP contribution in [0.15, 0.2) is 63.7 Å². The number of carbonyl (C=O) groups excluding carboxylic acids is 1. The first kappa shape index (κ1) is 22.8. The van der Waals surface area contributed by atoms with Crippen LogP contribution in [0.5, 0.6) is 11.5 Å². The van der Waals surface area contributed by atoms with Crippen LogP contribution in [-0.2, 0) is 4.79 Å². The maximum atomic E-state index is 12.4. The molecule has 0 radical (unpaired) electrons. The summed E-state index contributed by atoms with van der Waals surface area (Å²) in [6.07, 6.45) is 3.34. The molecule has 0 bridgehead atoms. The summed E-state index contributed by atoms with van der Waals surface area (Å²) >= 11 is 5.90. The minimum atomic E-state index is -0.541. The van der Waals surface area contributed by atoms with Crippen molar-refractivity contribution in [2.45, 2.75) is 5.16 Å². The molecule has 0 atom stereocenters. The number of aromatic nitrogens is 2. The predicted octanol–water partition coefficient (Wildman–Crippen LogP) is 5.03. The van der Waals surface area contributed by atoms with Crippen LogP contribution in [0.3, 0.4) is 0 Å². The third-order valence-electron chi connectivity index (χ3n) is 3.80. The Morgan fingerprint density at radius 3 is 2.71 bits per heavy atom. The van der Waals surface area contributed by atoms with Crippen LogP contribution in [0, 0.1) is 11.3 Å². The minimum Gasteiger partial charge on any atom is -0.490 e. The normalized spacial score (nSPS) is 10.9. The van der Waals surface area contributed by atoms with Crippen LogP contribution in [0.1, 0.15) is 5.56 Å². The van der Waals surface area contributed by atoms with Gasteiger partial charge in [-0.2, -0.15) is 14.6 Å². The number of carbonyl (C=O) groups is 1. The fourth-order valence-electron chi connectivity index (χ4n) is 2.38. The van der Waals surface area contributed by atoms with E-state index >= 15 is 0 Å². The average Bonchev–Trinajstić information content (AvgIpc) is 3.24. The molecule has 3 aromatic rings. The van der Waals surface area contributed by atoms with Gasteiger partial charge in [0.2, 0.25) is 10.3 Å². The number of nitrogens with one attached hydrogen (secondary N) is 1.